The maximum Gasteiger partial charge on any atom is 0.242 e. The van der Waals surface area contributed by atoms with Crippen molar-refractivity contribution in [1.82, 2.24) is 9.80 Å². The monoisotopic (exact) mass is 241 g/mol. The van der Waals surface area contributed by atoms with E-state index in [2.05, 4.69) is 19.0 Å². The fraction of sp³-hybridized carbons (Fsp3) is 0.917. The highest BCUT2D eigenvalue weighted by atomic mass is 16.5. The Balaban J connectivity index is 1.96. The Morgan fingerprint density at radius 1 is 1.41 bits per heavy atom. The van der Waals surface area contributed by atoms with E-state index in [0.29, 0.717) is 32.1 Å². The van der Waals surface area contributed by atoms with Gasteiger partial charge in [0.05, 0.1) is 5.54 Å². The van der Waals surface area contributed by atoms with Crippen molar-refractivity contribution < 1.29 is 9.53 Å². The zero-order chi connectivity index (χ0) is 12.5. The number of hydrogen-bond acceptors (Lipinski definition) is 4. The van der Waals surface area contributed by atoms with Crippen molar-refractivity contribution in [1.29, 1.82) is 0 Å². The number of rotatable bonds is 2. The molecule has 0 bridgehead atoms. The van der Waals surface area contributed by atoms with E-state index in [1.54, 1.807) is 0 Å². The van der Waals surface area contributed by atoms with Gasteiger partial charge >= 0.3 is 0 Å². The Morgan fingerprint density at radius 2 is 2.06 bits per heavy atom. The molecule has 98 valence electrons. The Labute approximate surface area is 103 Å². The van der Waals surface area contributed by atoms with Crippen LogP contribution in [0.2, 0.25) is 0 Å². The number of hydrogen-bond donors (Lipinski definition) is 1. The Morgan fingerprint density at radius 3 is 2.59 bits per heavy atom. The molecule has 1 unspecified atom stereocenters. The summed E-state index contributed by atoms with van der Waals surface area (Å²) in [5, 5.41) is 0. The molecule has 2 saturated heterocycles. The van der Waals surface area contributed by atoms with Crippen molar-refractivity contribution in [2.24, 2.45) is 5.73 Å². The molecular formula is C12H23N3O2. The second-order valence-corrected chi connectivity index (χ2v) is 5.43. The molecular weight excluding hydrogens is 218 g/mol. The average molecular weight is 241 g/mol. The van der Waals surface area contributed by atoms with Crippen LogP contribution in [-0.2, 0) is 9.53 Å². The van der Waals surface area contributed by atoms with Gasteiger partial charge in [0.2, 0.25) is 5.91 Å². The van der Waals surface area contributed by atoms with Gasteiger partial charge in [0.25, 0.3) is 0 Å². The number of likely N-dealkylation sites (N-methyl/N-ethyl adjacent to an activating group) is 1. The smallest absolute Gasteiger partial charge is 0.242 e. The third-order valence-corrected chi connectivity index (χ3v) is 3.99. The molecule has 2 rings (SSSR count). The SMILES string of the molecule is CN(C)C1CCN(C(=O)C2(N)CCOCC2)C1. The summed E-state index contributed by atoms with van der Waals surface area (Å²) in [7, 11) is 4.12. The Bertz CT molecular complexity index is 287. The zero-order valence-corrected chi connectivity index (χ0v) is 10.8. The number of carbonyl (C=O) groups excluding carboxylic acids is 1. The standard InChI is InChI=1S/C12H23N3O2/c1-14(2)10-3-6-15(9-10)11(16)12(13)4-7-17-8-5-12/h10H,3-9,13H2,1-2H3. The summed E-state index contributed by atoms with van der Waals surface area (Å²) in [6.07, 6.45) is 2.34. The van der Waals surface area contributed by atoms with Crippen molar-refractivity contribution in [3.05, 3.63) is 0 Å². The first-order chi connectivity index (χ1) is 8.03. The molecule has 1 atom stereocenters. The van der Waals surface area contributed by atoms with E-state index in [9.17, 15) is 4.79 Å². The van der Waals surface area contributed by atoms with Crippen molar-refractivity contribution in [3.8, 4) is 0 Å². The lowest BCUT2D eigenvalue weighted by molar-refractivity contribution is -0.139. The van der Waals surface area contributed by atoms with Crippen molar-refractivity contribution >= 4 is 5.91 Å². The minimum Gasteiger partial charge on any atom is -0.381 e. The zero-order valence-electron chi connectivity index (χ0n) is 10.8. The van der Waals surface area contributed by atoms with Gasteiger partial charge in [0.15, 0.2) is 0 Å². The quantitative estimate of drug-likeness (QED) is 0.718. The third kappa shape index (κ3) is 2.61. The van der Waals surface area contributed by atoms with E-state index in [1.165, 1.54) is 0 Å². The normalized spacial score (nSPS) is 28.7. The molecule has 0 aliphatic carbocycles. The fourth-order valence-corrected chi connectivity index (χ4v) is 2.61. The summed E-state index contributed by atoms with van der Waals surface area (Å²) >= 11 is 0. The number of nitrogens with zero attached hydrogens (tertiary/aromatic N) is 2. The molecule has 2 aliphatic rings. The predicted molar refractivity (Wildman–Crippen MR) is 65.6 cm³/mol. The topological polar surface area (TPSA) is 58.8 Å². The van der Waals surface area contributed by atoms with Crippen LogP contribution < -0.4 is 5.73 Å². The van der Waals surface area contributed by atoms with Gasteiger partial charge in [-0.1, -0.05) is 0 Å². The van der Waals surface area contributed by atoms with Crippen LogP contribution in [0.5, 0.6) is 0 Å². The van der Waals surface area contributed by atoms with Gasteiger partial charge < -0.3 is 20.3 Å². The first kappa shape index (κ1) is 12.8. The maximum absolute atomic E-state index is 12.4. The van der Waals surface area contributed by atoms with E-state index in [0.717, 1.165) is 19.5 Å². The average Bonchev–Trinajstić information content (AvgIpc) is 2.78. The fourth-order valence-electron chi connectivity index (χ4n) is 2.61. The minimum atomic E-state index is -0.681. The molecule has 0 aromatic carbocycles. The van der Waals surface area contributed by atoms with E-state index in [1.807, 2.05) is 4.90 Å². The molecule has 0 radical (unpaired) electrons. The highest BCUT2D eigenvalue weighted by molar-refractivity contribution is 5.86. The second kappa shape index (κ2) is 4.92. The van der Waals surface area contributed by atoms with Gasteiger partial charge in [0.1, 0.15) is 0 Å². The number of ether oxygens (including phenoxy) is 1. The molecule has 0 saturated carbocycles. The number of likely N-dealkylation sites (tertiary alicyclic amines) is 1. The van der Waals surface area contributed by atoms with Gasteiger partial charge in [-0.25, -0.2) is 0 Å². The lowest BCUT2D eigenvalue weighted by Gasteiger charge is -2.35. The first-order valence-electron chi connectivity index (χ1n) is 6.35. The minimum absolute atomic E-state index is 0.116. The van der Waals surface area contributed by atoms with E-state index in [4.69, 9.17) is 10.5 Å². The summed E-state index contributed by atoms with van der Waals surface area (Å²) in [5.41, 5.74) is 5.54. The van der Waals surface area contributed by atoms with E-state index < -0.39 is 5.54 Å². The van der Waals surface area contributed by atoms with Crippen LogP contribution in [0, 0.1) is 0 Å². The van der Waals surface area contributed by atoms with Crippen LogP contribution in [0.15, 0.2) is 0 Å². The highest BCUT2D eigenvalue weighted by Crippen LogP contribution is 2.23. The molecule has 1 amide bonds. The molecule has 0 aromatic heterocycles. The molecule has 5 heteroatoms. The summed E-state index contributed by atoms with van der Waals surface area (Å²) < 4.78 is 5.28. The second-order valence-electron chi connectivity index (χ2n) is 5.43. The largest absolute Gasteiger partial charge is 0.381 e. The van der Waals surface area contributed by atoms with Crippen LogP contribution in [0.25, 0.3) is 0 Å². The number of carbonyl (C=O) groups is 1. The van der Waals surface area contributed by atoms with Crippen LogP contribution in [0.4, 0.5) is 0 Å². The van der Waals surface area contributed by atoms with Gasteiger partial charge in [-0.05, 0) is 33.4 Å². The van der Waals surface area contributed by atoms with Crippen molar-refractivity contribution in [2.45, 2.75) is 30.8 Å². The Kier molecular flexibility index (Phi) is 3.70. The maximum atomic E-state index is 12.4. The molecule has 2 N–H and O–H groups in total. The summed E-state index contributed by atoms with van der Waals surface area (Å²) in [6.45, 7) is 2.85. The van der Waals surface area contributed by atoms with Gasteiger partial charge in [0, 0.05) is 32.3 Å². The summed E-state index contributed by atoms with van der Waals surface area (Å²) in [5.74, 6) is 0.116. The van der Waals surface area contributed by atoms with E-state index >= 15 is 0 Å². The van der Waals surface area contributed by atoms with Crippen LogP contribution in [-0.4, -0.2) is 67.7 Å². The van der Waals surface area contributed by atoms with Gasteiger partial charge in [-0.2, -0.15) is 0 Å². The molecule has 2 heterocycles. The third-order valence-electron chi connectivity index (χ3n) is 3.99. The van der Waals surface area contributed by atoms with Crippen molar-refractivity contribution in [2.75, 3.05) is 40.4 Å². The van der Waals surface area contributed by atoms with E-state index in [-0.39, 0.29) is 5.91 Å². The predicted octanol–water partition coefficient (Wildman–Crippen LogP) is -0.343. The van der Waals surface area contributed by atoms with Crippen molar-refractivity contribution in [3.63, 3.8) is 0 Å². The molecule has 5 nitrogen and oxygen atoms in total. The number of nitrogens with two attached hydrogens (primary N) is 1. The summed E-state index contributed by atoms with van der Waals surface area (Å²) in [4.78, 5) is 16.5. The van der Waals surface area contributed by atoms with Gasteiger partial charge in [-0.3, -0.25) is 4.79 Å². The lowest BCUT2D eigenvalue weighted by atomic mass is 9.90. The molecule has 2 fully saturated rings. The first-order valence-corrected chi connectivity index (χ1v) is 6.35. The number of amides is 1. The molecule has 2 aliphatic heterocycles. The Hall–Kier alpha value is -0.650. The molecule has 0 aromatic rings. The summed E-state index contributed by atoms with van der Waals surface area (Å²) in [6, 6.07) is 0.474. The highest BCUT2D eigenvalue weighted by Gasteiger charge is 2.41. The lowest BCUT2D eigenvalue weighted by Crippen LogP contribution is -2.57. The van der Waals surface area contributed by atoms with Crippen LogP contribution in [0.3, 0.4) is 0 Å². The van der Waals surface area contributed by atoms with Crippen LogP contribution >= 0.6 is 0 Å². The van der Waals surface area contributed by atoms with Crippen LogP contribution in [0.1, 0.15) is 19.3 Å². The van der Waals surface area contributed by atoms with Gasteiger partial charge in [-0.15, -0.1) is 0 Å². The molecule has 17 heavy (non-hydrogen) atoms. The molecule has 0 spiro atoms.